The Hall–Kier alpha value is -8.14. The Balaban J connectivity index is 1.16. The minimum atomic E-state index is -0.609. The second-order valence-electron chi connectivity index (χ2n) is 16.3. The van der Waals surface area contributed by atoms with Crippen LogP contribution in [0.5, 0.6) is 0 Å². The number of furan rings is 1. The number of anilines is 6. The Morgan fingerprint density at radius 3 is 1.47 bits per heavy atom. The maximum atomic E-state index is 6.54. The maximum Gasteiger partial charge on any atom is 0.137 e. The van der Waals surface area contributed by atoms with Gasteiger partial charge in [-0.15, -0.1) is 0 Å². The average Bonchev–Trinajstić information content (AvgIpc) is 3.98. The lowest BCUT2D eigenvalue weighted by atomic mass is 9.70. The topological polar surface area (TPSA) is 19.6 Å². The molecule has 0 saturated carbocycles. The summed E-state index contributed by atoms with van der Waals surface area (Å²) in [7, 11) is 0. The number of para-hydroxylation sites is 4. The number of rotatable bonds is 6. The second kappa shape index (κ2) is 13.4. The minimum absolute atomic E-state index is 0.609. The van der Waals surface area contributed by atoms with E-state index >= 15 is 0 Å². The lowest BCUT2D eigenvalue weighted by molar-refractivity contribution is 0.669. The van der Waals surface area contributed by atoms with E-state index in [1.165, 1.54) is 55.3 Å². The molecular weight excluding hydrogens is 753 g/mol. The van der Waals surface area contributed by atoms with Gasteiger partial charge in [-0.1, -0.05) is 164 Å². The van der Waals surface area contributed by atoms with Gasteiger partial charge >= 0.3 is 0 Å². The number of benzene rings is 10. The molecule has 13 rings (SSSR count). The fourth-order valence-corrected chi connectivity index (χ4v) is 10.9. The molecule has 0 amide bonds. The van der Waals surface area contributed by atoms with E-state index in [-0.39, 0.29) is 0 Å². The zero-order chi connectivity index (χ0) is 40.8. The SMILES string of the molecule is c1ccc(N(c2ccccc2)c2cccc3c2-c2ccccc2C32c3ccccc3-c3c2cc(N(c2ccccc2)c2cccc4oc5ccccc5c24)c2ccccc32)cc1. The van der Waals surface area contributed by atoms with E-state index in [9.17, 15) is 0 Å². The highest BCUT2D eigenvalue weighted by molar-refractivity contribution is 6.17. The first kappa shape index (κ1) is 34.7. The van der Waals surface area contributed by atoms with Crippen molar-refractivity contribution in [3.8, 4) is 22.3 Å². The third-order valence-electron chi connectivity index (χ3n) is 13.2. The first-order valence-corrected chi connectivity index (χ1v) is 21.4. The van der Waals surface area contributed by atoms with Crippen molar-refractivity contribution in [2.75, 3.05) is 9.80 Å². The van der Waals surface area contributed by atoms with Gasteiger partial charge in [0, 0.05) is 33.4 Å². The Bertz CT molecular complexity index is 3500. The molecule has 290 valence electrons. The van der Waals surface area contributed by atoms with E-state index in [1.807, 2.05) is 6.07 Å². The summed E-state index contributed by atoms with van der Waals surface area (Å²) >= 11 is 0. The smallest absolute Gasteiger partial charge is 0.137 e. The molecule has 1 spiro atoms. The number of hydrogen-bond acceptors (Lipinski definition) is 3. The van der Waals surface area contributed by atoms with Gasteiger partial charge in [0.25, 0.3) is 0 Å². The van der Waals surface area contributed by atoms with Crippen LogP contribution in [0, 0.1) is 0 Å². The Morgan fingerprint density at radius 1 is 0.306 bits per heavy atom. The van der Waals surface area contributed by atoms with Crippen molar-refractivity contribution in [2.24, 2.45) is 0 Å². The molecule has 1 atom stereocenters. The largest absolute Gasteiger partial charge is 0.456 e. The standard InChI is InChI=1S/C59H38N2O/c1-4-20-39(21-5-1)60(40-22-6-2-7-23-40)51-34-18-33-49-57(51)45-29-13-16-32-48(45)59(49)47-31-15-12-28-44(47)56-43-27-11-10-26-42(43)53(38-50(56)59)61(41-24-8-3-9-25-41)52-35-19-37-55-58(52)46-30-14-17-36-54(46)62-55/h1-38H. The molecule has 62 heavy (non-hydrogen) atoms. The minimum Gasteiger partial charge on any atom is -0.456 e. The molecule has 1 heterocycles. The summed E-state index contributed by atoms with van der Waals surface area (Å²) in [4.78, 5) is 4.89. The number of fused-ring (bicyclic) bond motifs is 15. The van der Waals surface area contributed by atoms with E-state index in [4.69, 9.17) is 4.42 Å². The fourth-order valence-electron chi connectivity index (χ4n) is 10.9. The van der Waals surface area contributed by atoms with Gasteiger partial charge in [0.05, 0.1) is 27.9 Å². The number of nitrogens with zero attached hydrogens (tertiary/aromatic N) is 2. The lowest BCUT2D eigenvalue weighted by Gasteiger charge is -2.33. The van der Waals surface area contributed by atoms with Crippen molar-refractivity contribution in [3.63, 3.8) is 0 Å². The van der Waals surface area contributed by atoms with Crippen LogP contribution in [-0.2, 0) is 5.41 Å². The summed E-state index contributed by atoms with van der Waals surface area (Å²) < 4.78 is 6.54. The van der Waals surface area contributed by atoms with Gasteiger partial charge in [0.1, 0.15) is 11.2 Å². The quantitative estimate of drug-likeness (QED) is 0.167. The van der Waals surface area contributed by atoms with Gasteiger partial charge in [-0.2, -0.15) is 0 Å². The van der Waals surface area contributed by atoms with E-state index in [0.717, 1.165) is 56.1 Å². The Kier molecular flexibility index (Phi) is 7.52. The first-order valence-electron chi connectivity index (χ1n) is 21.4. The summed E-state index contributed by atoms with van der Waals surface area (Å²) in [5.74, 6) is 0. The van der Waals surface area contributed by atoms with Crippen LogP contribution in [0.1, 0.15) is 22.3 Å². The van der Waals surface area contributed by atoms with E-state index in [0.29, 0.717) is 0 Å². The van der Waals surface area contributed by atoms with Crippen molar-refractivity contribution in [1.82, 2.24) is 0 Å². The normalized spacial score (nSPS) is 14.5. The van der Waals surface area contributed by atoms with Crippen LogP contribution in [0.3, 0.4) is 0 Å². The van der Waals surface area contributed by atoms with Gasteiger partial charge in [-0.05, 0) is 111 Å². The van der Waals surface area contributed by atoms with Crippen LogP contribution in [0.25, 0.3) is 55.0 Å². The van der Waals surface area contributed by atoms with Crippen LogP contribution in [-0.4, -0.2) is 0 Å². The third kappa shape index (κ3) is 4.76. The summed E-state index contributed by atoms with van der Waals surface area (Å²) in [6.07, 6.45) is 0. The van der Waals surface area contributed by atoms with Gasteiger partial charge < -0.3 is 14.2 Å². The van der Waals surface area contributed by atoms with Crippen LogP contribution >= 0.6 is 0 Å². The molecule has 3 nitrogen and oxygen atoms in total. The summed E-state index contributed by atoms with van der Waals surface area (Å²) in [6, 6.07) is 84.0. The van der Waals surface area contributed by atoms with Gasteiger partial charge in [-0.3, -0.25) is 0 Å². The molecule has 0 bridgehead atoms. The van der Waals surface area contributed by atoms with Gasteiger partial charge in [-0.25, -0.2) is 0 Å². The van der Waals surface area contributed by atoms with Crippen molar-refractivity contribution < 1.29 is 4.42 Å². The molecule has 2 aliphatic rings. The molecule has 2 aliphatic carbocycles. The molecule has 3 heteroatoms. The van der Waals surface area contributed by atoms with E-state index in [2.05, 4.69) is 234 Å². The first-order chi connectivity index (χ1) is 30.8. The average molecular weight is 791 g/mol. The molecule has 11 aromatic rings. The van der Waals surface area contributed by atoms with Crippen molar-refractivity contribution >= 4 is 66.8 Å². The molecule has 0 fully saturated rings. The molecule has 1 aromatic heterocycles. The Morgan fingerprint density at radius 2 is 0.790 bits per heavy atom. The zero-order valence-corrected chi connectivity index (χ0v) is 33.7. The summed E-state index contributed by atoms with van der Waals surface area (Å²) in [6.45, 7) is 0. The number of hydrogen-bond donors (Lipinski definition) is 0. The highest BCUT2D eigenvalue weighted by Crippen LogP contribution is 2.66. The predicted molar refractivity (Wildman–Crippen MR) is 257 cm³/mol. The molecule has 1 unspecified atom stereocenters. The molecule has 10 aromatic carbocycles. The third-order valence-corrected chi connectivity index (χ3v) is 13.2. The van der Waals surface area contributed by atoms with E-state index in [1.54, 1.807) is 0 Å². The van der Waals surface area contributed by atoms with Crippen molar-refractivity contribution in [2.45, 2.75) is 5.41 Å². The van der Waals surface area contributed by atoms with Crippen molar-refractivity contribution in [3.05, 3.63) is 253 Å². The fraction of sp³-hybridized carbons (Fsp3) is 0.0169. The summed E-state index contributed by atoms with van der Waals surface area (Å²) in [5.41, 5.74) is 18.0. The highest BCUT2D eigenvalue weighted by atomic mass is 16.3. The Labute approximate surface area is 360 Å². The van der Waals surface area contributed by atoms with Gasteiger partial charge in [0.15, 0.2) is 0 Å². The van der Waals surface area contributed by atoms with Crippen LogP contribution in [0.4, 0.5) is 34.1 Å². The highest BCUT2D eigenvalue weighted by Gasteiger charge is 2.53. The molecule has 0 saturated heterocycles. The zero-order valence-electron chi connectivity index (χ0n) is 33.7. The van der Waals surface area contributed by atoms with E-state index < -0.39 is 5.41 Å². The van der Waals surface area contributed by atoms with Crippen LogP contribution in [0.15, 0.2) is 235 Å². The predicted octanol–water partition coefficient (Wildman–Crippen LogP) is 16.0. The summed E-state index contributed by atoms with van der Waals surface area (Å²) in [5, 5.41) is 4.61. The molecule has 0 N–H and O–H groups in total. The van der Waals surface area contributed by atoms with Crippen molar-refractivity contribution in [1.29, 1.82) is 0 Å². The molecule has 0 aliphatic heterocycles. The molecule has 0 radical (unpaired) electrons. The van der Waals surface area contributed by atoms with Gasteiger partial charge in [0.2, 0.25) is 0 Å². The monoisotopic (exact) mass is 790 g/mol. The van der Waals surface area contributed by atoms with Crippen LogP contribution < -0.4 is 9.80 Å². The maximum absolute atomic E-state index is 6.54. The lowest BCUT2D eigenvalue weighted by Crippen LogP contribution is -2.26. The van der Waals surface area contributed by atoms with Crippen LogP contribution in [0.2, 0.25) is 0 Å². The second-order valence-corrected chi connectivity index (χ2v) is 16.3. The molecular formula is C59H38N2O.